The molecule has 0 atom stereocenters. The van der Waals surface area contributed by atoms with E-state index < -0.39 is 5.91 Å². The molecule has 0 unspecified atom stereocenters. The van der Waals surface area contributed by atoms with E-state index in [9.17, 15) is 10.0 Å². The van der Waals surface area contributed by atoms with E-state index in [0.29, 0.717) is 4.73 Å². The second-order valence-corrected chi connectivity index (χ2v) is 3.13. The van der Waals surface area contributed by atoms with E-state index >= 15 is 0 Å². The van der Waals surface area contributed by atoms with Crippen LogP contribution in [-0.2, 0) is 9.63 Å². The molecule has 0 saturated carbocycles. The highest BCUT2D eigenvalue weighted by Crippen LogP contribution is 2.09. The van der Waals surface area contributed by atoms with E-state index in [0.717, 1.165) is 11.3 Å². The van der Waals surface area contributed by atoms with E-state index in [4.69, 9.17) is 11.5 Å². The smallest absolute Gasteiger partial charge is 0.335 e. The van der Waals surface area contributed by atoms with Gasteiger partial charge in [-0.05, 0) is 0 Å². The Morgan fingerprint density at radius 3 is 2.79 bits per heavy atom. The fourth-order valence-corrected chi connectivity index (χ4v) is 1.43. The van der Waals surface area contributed by atoms with Gasteiger partial charge in [0.25, 0.3) is 5.91 Å². The van der Waals surface area contributed by atoms with Crippen LogP contribution in [0.2, 0.25) is 0 Å². The zero-order chi connectivity index (χ0) is 10.7. The van der Waals surface area contributed by atoms with Gasteiger partial charge in [-0.3, -0.25) is 10.5 Å². The van der Waals surface area contributed by atoms with Gasteiger partial charge in [0.2, 0.25) is 5.71 Å². The van der Waals surface area contributed by atoms with E-state index in [1.807, 2.05) is 0 Å². The first kappa shape index (κ1) is 10.3. The number of carbonyl (C=O) groups is 1. The van der Waals surface area contributed by atoms with Crippen molar-refractivity contribution in [3.8, 4) is 0 Å². The van der Waals surface area contributed by atoms with Crippen LogP contribution in [-0.4, -0.2) is 18.7 Å². The highest BCUT2D eigenvalue weighted by molar-refractivity contribution is 7.13. The molecule has 1 rings (SSSR count). The molecule has 0 saturated heterocycles. The lowest BCUT2D eigenvalue weighted by atomic mass is 10.3. The van der Waals surface area contributed by atoms with Crippen LogP contribution < -0.4 is 16.2 Å². The Morgan fingerprint density at radius 2 is 2.43 bits per heavy atom. The van der Waals surface area contributed by atoms with Gasteiger partial charge >= 0.3 is 5.13 Å². The summed E-state index contributed by atoms with van der Waals surface area (Å²) >= 11 is 0.987. The predicted octanol–water partition coefficient (Wildman–Crippen LogP) is -1.20. The van der Waals surface area contributed by atoms with Crippen LogP contribution in [0.25, 0.3) is 0 Å². The van der Waals surface area contributed by atoms with Crippen molar-refractivity contribution in [3.05, 3.63) is 16.3 Å². The number of amides is 1. The number of hydrogen-bond donors (Lipinski definition) is 2. The first-order valence-corrected chi connectivity index (χ1v) is 4.33. The summed E-state index contributed by atoms with van der Waals surface area (Å²) in [6.45, 7) is 0. The van der Waals surface area contributed by atoms with Gasteiger partial charge in [-0.25, -0.2) is 4.73 Å². The molecule has 14 heavy (non-hydrogen) atoms. The number of nitrogens with zero attached hydrogens (tertiary/aromatic N) is 2. The Hall–Kier alpha value is -1.83. The van der Waals surface area contributed by atoms with Gasteiger partial charge in [-0.2, -0.15) is 0 Å². The number of primary amides is 1. The van der Waals surface area contributed by atoms with Gasteiger partial charge in [0.05, 0.1) is 0 Å². The zero-order valence-electron chi connectivity index (χ0n) is 7.26. The highest BCUT2D eigenvalue weighted by atomic mass is 32.1. The van der Waals surface area contributed by atoms with Gasteiger partial charge in [0.1, 0.15) is 7.11 Å². The number of nitrogen functional groups attached to an aromatic ring is 1. The Morgan fingerprint density at radius 1 is 1.79 bits per heavy atom. The van der Waals surface area contributed by atoms with Crippen LogP contribution in [0.5, 0.6) is 0 Å². The summed E-state index contributed by atoms with van der Waals surface area (Å²) in [5.41, 5.74) is 10.0. The highest BCUT2D eigenvalue weighted by Gasteiger charge is 2.20. The molecule has 1 aromatic heterocycles. The summed E-state index contributed by atoms with van der Waals surface area (Å²) < 4.78 is 0.368. The van der Waals surface area contributed by atoms with Crippen molar-refractivity contribution in [2.24, 2.45) is 10.9 Å². The molecule has 76 valence electrons. The maximum Gasteiger partial charge on any atom is 0.335 e. The third-order valence-corrected chi connectivity index (χ3v) is 2.12. The minimum Gasteiger partial charge on any atom is -0.709 e. The number of anilines is 1. The average molecular weight is 216 g/mol. The van der Waals surface area contributed by atoms with Gasteiger partial charge in [0.15, 0.2) is 5.69 Å². The maximum atomic E-state index is 11.2. The predicted molar refractivity (Wildman–Crippen MR) is 50.4 cm³/mol. The summed E-state index contributed by atoms with van der Waals surface area (Å²) in [6, 6.07) is 0. The van der Waals surface area contributed by atoms with Crippen molar-refractivity contribution < 1.29 is 14.4 Å². The molecule has 0 radical (unpaired) electrons. The molecule has 0 aliphatic heterocycles. The van der Waals surface area contributed by atoms with E-state index in [2.05, 4.69) is 9.99 Å². The fourth-order valence-electron chi connectivity index (χ4n) is 0.792. The second kappa shape index (κ2) is 3.92. The quantitative estimate of drug-likeness (QED) is 0.285. The van der Waals surface area contributed by atoms with Crippen LogP contribution in [0.3, 0.4) is 0 Å². The van der Waals surface area contributed by atoms with Crippen molar-refractivity contribution in [2.75, 3.05) is 12.8 Å². The molecule has 1 heterocycles. The van der Waals surface area contributed by atoms with Crippen molar-refractivity contribution in [3.63, 3.8) is 0 Å². The van der Waals surface area contributed by atoms with Gasteiger partial charge in [-0.1, -0.05) is 16.5 Å². The lowest BCUT2D eigenvalue weighted by Crippen LogP contribution is -2.39. The molecule has 1 amide bonds. The Labute approximate surface area is 83.1 Å². The molecule has 8 heteroatoms. The molecule has 0 bridgehead atoms. The number of hydrogen-bond acceptors (Lipinski definition) is 6. The summed E-state index contributed by atoms with van der Waals surface area (Å²) in [5.74, 6) is -0.853. The van der Waals surface area contributed by atoms with Gasteiger partial charge < -0.3 is 15.8 Å². The maximum absolute atomic E-state index is 11.2. The lowest BCUT2D eigenvalue weighted by Gasteiger charge is -2.03. The van der Waals surface area contributed by atoms with Gasteiger partial charge in [0, 0.05) is 5.38 Å². The molecule has 7 nitrogen and oxygen atoms in total. The van der Waals surface area contributed by atoms with E-state index in [1.54, 1.807) is 0 Å². The average Bonchev–Trinajstić information content (AvgIpc) is 2.44. The minimum atomic E-state index is -0.853. The molecule has 0 spiro atoms. The third kappa shape index (κ3) is 1.74. The normalized spacial score (nSPS) is 11.4. The molecule has 0 aromatic carbocycles. The molecule has 0 aliphatic rings. The van der Waals surface area contributed by atoms with Crippen LogP contribution in [0.1, 0.15) is 5.69 Å². The summed E-state index contributed by atoms with van der Waals surface area (Å²) in [4.78, 5) is 15.3. The van der Waals surface area contributed by atoms with E-state index in [1.165, 1.54) is 12.5 Å². The topological polar surface area (TPSA) is 118 Å². The number of aromatic nitrogens is 1. The molecule has 4 N–H and O–H groups in total. The number of oxime groups is 1. The first-order chi connectivity index (χ1) is 6.57. The molecular formula is C6H8N4O3S. The lowest BCUT2D eigenvalue weighted by molar-refractivity contribution is -0.586. The minimum absolute atomic E-state index is 0.00468. The monoisotopic (exact) mass is 216 g/mol. The van der Waals surface area contributed by atoms with E-state index in [-0.39, 0.29) is 16.5 Å². The Kier molecular flexibility index (Phi) is 2.87. The van der Waals surface area contributed by atoms with Crippen molar-refractivity contribution in [1.82, 2.24) is 0 Å². The Bertz CT molecular complexity index is 386. The SMILES string of the molecule is CO/N=C(\C(N)=O)c1csc(N)[n+]1[O-]. The standard InChI is InChI=1S/C6H8N4O3S/c1-13-9-4(5(7)11)3-2-14-6(8)10(3)12/h2H,8H2,1H3,(H2,7,11)/b9-4-. The van der Waals surface area contributed by atoms with Crippen LogP contribution >= 0.6 is 11.3 Å². The summed E-state index contributed by atoms with van der Waals surface area (Å²) in [7, 11) is 1.24. The largest absolute Gasteiger partial charge is 0.709 e. The number of nitrogens with two attached hydrogens (primary N) is 2. The molecular weight excluding hydrogens is 208 g/mol. The number of rotatable bonds is 3. The molecule has 0 fully saturated rings. The zero-order valence-corrected chi connectivity index (χ0v) is 8.08. The van der Waals surface area contributed by atoms with Crippen LogP contribution in [0.15, 0.2) is 10.5 Å². The van der Waals surface area contributed by atoms with Crippen LogP contribution in [0, 0.1) is 5.21 Å². The summed E-state index contributed by atoms with van der Waals surface area (Å²) in [6.07, 6.45) is 0. The van der Waals surface area contributed by atoms with Gasteiger partial charge in [-0.15, -0.1) is 0 Å². The number of carbonyl (C=O) groups excluding carboxylic acids is 1. The second-order valence-electron chi connectivity index (χ2n) is 2.24. The van der Waals surface area contributed by atoms with Crippen molar-refractivity contribution in [2.45, 2.75) is 0 Å². The Balaban J connectivity index is 3.19. The van der Waals surface area contributed by atoms with Crippen molar-refractivity contribution in [1.29, 1.82) is 0 Å². The summed E-state index contributed by atoms with van der Waals surface area (Å²) in [5, 5.41) is 16.0. The third-order valence-electron chi connectivity index (χ3n) is 1.37. The van der Waals surface area contributed by atoms with Crippen LogP contribution in [0.4, 0.5) is 5.13 Å². The first-order valence-electron chi connectivity index (χ1n) is 3.45. The fraction of sp³-hybridized carbons (Fsp3) is 0.167. The molecule has 1 aromatic rings. The molecule has 0 aliphatic carbocycles. The van der Waals surface area contributed by atoms with Crippen molar-refractivity contribution >= 4 is 28.1 Å². The number of thiazole rings is 1.